The van der Waals surface area contributed by atoms with Crippen molar-refractivity contribution in [2.45, 2.75) is 64.7 Å². The lowest BCUT2D eigenvalue weighted by molar-refractivity contribution is -0.137. The van der Waals surface area contributed by atoms with Crippen molar-refractivity contribution in [2.75, 3.05) is 0 Å². The molecule has 0 spiro atoms. The van der Waals surface area contributed by atoms with Crippen molar-refractivity contribution in [3.63, 3.8) is 0 Å². The lowest BCUT2D eigenvalue weighted by Crippen LogP contribution is -1.92. The molecule has 1 N–H and O–H groups in total. The molecular weight excluding hydrogens is 284 g/mol. The predicted octanol–water partition coefficient (Wildman–Crippen LogP) is 6.38. The molecular formula is C21H32O2. The van der Waals surface area contributed by atoms with Gasteiger partial charge >= 0.3 is 5.97 Å². The van der Waals surface area contributed by atoms with Crippen molar-refractivity contribution in [1.82, 2.24) is 0 Å². The SMILES string of the molecule is C/C=C\CC/C=C\C/C=C\C/C=C\C/C=C\CCCCC(=O)O. The molecule has 0 unspecified atom stereocenters. The van der Waals surface area contributed by atoms with Gasteiger partial charge in [-0.1, -0.05) is 60.8 Å². The first kappa shape index (κ1) is 21.2. The summed E-state index contributed by atoms with van der Waals surface area (Å²) in [5, 5.41) is 8.51. The van der Waals surface area contributed by atoms with Gasteiger partial charge in [0.1, 0.15) is 0 Å². The second kappa shape index (κ2) is 18.2. The number of carboxylic acids is 1. The standard InChI is InChI=1S/C21H32O2/c1-2-3-4-5-6-7-8-9-10-11-12-13-14-15-16-17-18-19-20-21(22)23/h2-3,6-7,9-10,12-13,15-16H,4-5,8,11,14,17-20H2,1H3,(H,22,23)/b3-2-,7-6-,10-9-,13-12-,16-15-. The van der Waals surface area contributed by atoms with E-state index >= 15 is 0 Å². The second-order valence-corrected chi connectivity index (χ2v) is 5.38. The van der Waals surface area contributed by atoms with Crippen molar-refractivity contribution >= 4 is 5.97 Å². The van der Waals surface area contributed by atoms with E-state index in [1.165, 1.54) is 0 Å². The Labute approximate surface area is 142 Å². The molecule has 0 amide bonds. The molecule has 0 fully saturated rings. The van der Waals surface area contributed by atoms with E-state index in [2.05, 4.69) is 67.7 Å². The summed E-state index contributed by atoms with van der Waals surface area (Å²) in [5.74, 6) is -0.700. The molecule has 0 aromatic rings. The van der Waals surface area contributed by atoms with E-state index in [0.717, 1.165) is 51.4 Å². The van der Waals surface area contributed by atoms with E-state index in [-0.39, 0.29) is 6.42 Å². The Hall–Kier alpha value is -1.83. The summed E-state index contributed by atoms with van der Waals surface area (Å²) in [6.45, 7) is 2.05. The molecule has 0 aliphatic carbocycles. The molecule has 0 aliphatic rings. The molecule has 0 heterocycles. The minimum absolute atomic E-state index is 0.283. The first-order chi connectivity index (χ1) is 11.3. The van der Waals surface area contributed by atoms with Gasteiger partial charge in [0, 0.05) is 6.42 Å². The summed E-state index contributed by atoms with van der Waals surface area (Å²) in [6.07, 6.45) is 30.0. The van der Waals surface area contributed by atoms with Gasteiger partial charge in [0.05, 0.1) is 0 Å². The maximum Gasteiger partial charge on any atom is 0.303 e. The molecule has 2 heteroatoms. The number of hydrogen-bond donors (Lipinski definition) is 1. The first-order valence-electron chi connectivity index (χ1n) is 8.70. The zero-order valence-electron chi connectivity index (χ0n) is 14.5. The molecule has 128 valence electrons. The van der Waals surface area contributed by atoms with Gasteiger partial charge in [0.2, 0.25) is 0 Å². The van der Waals surface area contributed by atoms with Crippen LogP contribution < -0.4 is 0 Å². The van der Waals surface area contributed by atoms with Gasteiger partial charge in [0.25, 0.3) is 0 Å². The first-order valence-corrected chi connectivity index (χ1v) is 8.70. The third-order valence-electron chi connectivity index (χ3n) is 3.23. The Balaban J connectivity index is 3.42. The molecule has 0 saturated heterocycles. The van der Waals surface area contributed by atoms with E-state index < -0.39 is 5.97 Å². The summed E-state index contributed by atoms with van der Waals surface area (Å²) in [7, 11) is 0. The molecule has 23 heavy (non-hydrogen) atoms. The summed E-state index contributed by atoms with van der Waals surface area (Å²) in [6, 6.07) is 0. The Morgan fingerprint density at radius 1 is 0.696 bits per heavy atom. The smallest absolute Gasteiger partial charge is 0.303 e. The van der Waals surface area contributed by atoms with Gasteiger partial charge in [-0.15, -0.1) is 0 Å². The maximum absolute atomic E-state index is 10.3. The highest BCUT2D eigenvalue weighted by Crippen LogP contribution is 2.02. The highest BCUT2D eigenvalue weighted by molar-refractivity contribution is 5.66. The Bertz CT molecular complexity index is 412. The van der Waals surface area contributed by atoms with Gasteiger partial charge in [-0.2, -0.15) is 0 Å². The van der Waals surface area contributed by atoms with Crippen LogP contribution in [0.5, 0.6) is 0 Å². The van der Waals surface area contributed by atoms with E-state index in [0.29, 0.717) is 0 Å². The number of aliphatic carboxylic acids is 1. The van der Waals surface area contributed by atoms with Gasteiger partial charge in [-0.25, -0.2) is 0 Å². The molecule has 2 nitrogen and oxygen atoms in total. The molecule has 0 aromatic heterocycles. The topological polar surface area (TPSA) is 37.3 Å². The predicted molar refractivity (Wildman–Crippen MR) is 101 cm³/mol. The fraction of sp³-hybridized carbons (Fsp3) is 0.476. The molecule has 0 radical (unpaired) electrons. The number of carbonyl (C=O) groups is 1. The number of hydrogen-bond acceptors (Lipinski definition) is 1. The van der Waals surface area contributed by atoms with Crippen molar-refractivity contribution < 1.29 is 9.90 Å². The van der Waals surface area contributed by atoms with Crippen LogP contribution in [0.25, 0.3) is 0 Å². The van der Waals surface area contributed by atoms with Crippen molar-refractivity contribution in [1.29, 1.82) is 0 Å². The number of allylic oxidation sites excluding steroid dienone is 10. The second-order valence-electron chi connectivity index (χ2n) is 5.38. The van der Waals surface area contributed by atoms with Crippen LogP contribution in [-0.2, 0) is 4.79 Å². The van der Waals surface area contributed by atoms with Crippen molar-refractivity contribution in [2.24, 2.45) is 0 Å². The molecule has 0 aromatic carbocycles. The fourth-order valence-electron chi connectivity index (χ4n) is 1.95. The third kappa shape index (κ3) is 20.2. The van der Waals surface area contributed by atoms with Crippen molar-refractivity contribution in [3.05, 3.63) is 60.8 Å². The largest absolute Gasteiger partial charge is 0.481 e. The lowest BCUT2D eigenvalue weighted by Gasteiger charge is -1.92. The van der Waals surface area contributed by atoms with Crippen LogP contribution in [0.15, 0.2) is 60.8 Å². The number of unbranched alkanes of at least 4 members (excludes halogenated alkanes) is 3. The van der Waals surface area contributed by atoms with Crippen LogP contribution in [0, 0.1) is 0 Å². The summed E-state index contributed by atoms with van der Waals surface area (Å²) < 4.78 is 0. The van der Waals surface area contributed by atoms with Crippen LogP contribution in [0.2, 0.25) is 0 Å². The van der Waals surface area contributed by atoms with Crippen LogP contribution in [-0.4, -0.2) is 11.1 Å². The van der Waals surface area contributed by atoms with Crippen molar-refractivity contribution in [3.8, 4) is 0 Å². The minimum atomic E-state index is -0.700. The minimum Gasteiger partial charge on any atom is -0.481 e. The zero-order chi connectivity index (χ0) is 17.0. The Morgan fingerprint density at radius 3 is 1.70 bits per heavy atom. The average Bonchev–Trinajstić information content (AvgIpc) is 2.53. The molecule has 0 bridgehead atoms. The summed E-state index contributed by atoms with van der Waals surface area (Å²) in [5.41, 5.74) is 0. The van der Waals surface area contributed by atoms with E-state index in [4.69, 9.17) is 5.11 Å². The lowest BCUT2D eigenvalue weighted by atomic mass is 10.2. The summed E-state index contributed by atoms with van der Waals surface area (Å²) >= 11 is 0. The Kier molecular flexibility index (Phi) is 16.8. The van der Waals surface area contributed by atoms with Crippen LogP contribution >= 0.6 is 0 Å². The maximum atomic E-state index is 10.3. The van der Waals surface area contributed by atoms with E-state index in [9.17, 15) is 4.79 Å². The van der Waals surface area contributed by atoms with E-state index in [1.54, 1.807) is 0 Å². The van der Waals surface area contributed by atoms with Gasteiger partial charge in [-0.05, 0) is 58.3 Å². The molecule has 0 rings (SSSR count). The van der Waals surface area contributed by atoms with Gasteiger partial charge < -0.3 is 5.11 Å². The normalized spacial score (nSPS) is 12.7. The fourth-order valence-corrected chi connectivity index (χ4v) is 1.95. The van der Waals surface area contributed by atoms with Crippen LogP contribution in [0.1, 0.15) is 64.7 Å². The Morgan fingerprint density at radius 2 is 1.17 bits per heavy atom. The quantitative estimate of drug-likeness (QED) is 0.298. The molecule has 0 atom stereocenters. The van der Waals surface area contributed by atoms with Crippen LogP contribution in [0.3, 0.4) is 0 Å². The van der Waals surface area contributed by atoms with Gasteiger partial charge in [0.15, 0.2) is 0 Å². The monoisotopic (exact) mass is 316 g/mol. The van der Waals surface area contributed by atoms with E-state index in [1.807, 2.05) is 0 Å². The van der Waals surface area contributed by atoms with Crippen LogP contribution in [0.4, 0.5) is 0 Å². The van der Waals surface area contributed by atoms with Gasteiger partial charge in [-0.3, -0.25) is 4.79 Å². The zero-order valence-corrected chi connectivity index (χ0v) is 14.5. The highest BCUT2D eigenvalue weighted by atomic mass is 16.4. The average molecular weight is 316 g/mol. The molecule has 0 saturated carbocycles. The third-order valence-corrected chi connectivity index (χ3v) is 3.23. The number of rotatable bonds is 14. The number of carboxylic acid groups (broad SMARTS) is 1. The molecule has 0 aliphatic heterocycles. The highest BCUT2D eigenvalue weighted by Gasteiger charge is 1.93. The summed E-state index contributed by atoms with van der Waals surface area (Å²) in [4.78, 5) is 10.3.